The lowest BCUT2D eigenvalue weighted by Gasteiger charge is -2.10. The van der Waals surface area contributed by atoms with Crippen molar-refractivity contribution in [3.63, 3.8) is 0 Å². The summed E-state index contributed by atoms with van der Waals surface area (Å²) in [5, 5.41) is 3.12. The number of amides is 1. The second-order valence-corrected chi connectivity index (χ2v) is 8.48. The van der Waals surface area contributed by atoms with E-state index in [2.05, 4.69) is 43.9 Å². The average Bonchev–Trinajstić information content (AvgIpc) is 3.39. The number of H-pyrrole nitrogens is 1. The van der Waals surface area contributed by atoms with Gasteiger partial charge in [-0.2, -0.15) is 0 Å². The lowest BCUT2D eigenvalue weighted by molar-refractivity contribution is -0.118. The Balaban J connectivity index is 1.22. The summed E-state index contributed by atoms with van der Waals surface area (Å²) in [5.74, 6) is 2.31. The normalized spacial score (nSPS) is 12.2. The minimum absolute atomic E-state index is 0.0316. The van der Waals surface area contributed by atoms with Crippen LogP contribution in [0.3, 0.4) is 0 Å². The van der Waals surface area contributed by atoms with Gasteiger partial charge in [-0.25, -0.2) is 9.97 Å². The maximum absolute atomic E-state index is 12.3. The van der Waals surface area contributed by atoms with E-state index in [9.17, 15) is 4.79 Å². The van der Waals surface area contributed by atoms with Gasteiger partial charge in [0.05, 0.1) is 22.0 Å². The van der Waals surface area contributed by atoms with Gasteiger partial charge in [-0.05, 0) is 24.6 Å². The number of hydrogen-bond acceptors (Lipinski definition) is 4. The van der Waals surface area contributed by atoms with E-state index < -0.39 is 0 Å². The Hall–Kier alpha value is -3.06. The van der Waals surface area contributed by atoms with Gasteiger partial charge in [-0.3, -0.25) is 4.79 Å². The molecule has 0 aliphatic carbocycles. The highest BCUT2D eigenvalue weighted by molar-refractivity contribution is 8.00. The third-order valence-electron chi connectivity index (χ3n) is 4.93. The van der Waals surface area contributed by atoms with Crippen molar-refractivity contribution in [1.29, 1.82) is 0 Å². The van der Waals surface area contributed by atoms with Crippen LogP contribution >= 0.6 is 11.8 Å². The van der Waals surface area contributed by atoms with Crippen LogP contribution in [0.2, 0.25) is 0 Å². The zero-order chi connectivity index (χ0) is 20.8. The van der Waals surface area contributed by atoms with Crippen LogP contribution in [0.1, 0.15) is 29.4 Å². The van der Waals surface area contributed by atoms with Crippen LogP contribution in [0.15, 0.2) is 67.0 Å². The molecule has 0 spiro atoms. The van der Waals surface area contributed by atoms with Crippen molar-refractivity contribution < 1.29 is 4.79 Å². The molecule has 4 aromatic rings. The Bertz CT molecular complexity index is 1070. The molecule has 2 aromatic heterocycles. The smallest absolute Gasteiger partial charge is 0.230 e. The number of carbonyl (C=O) groups excluding carboxylic acids is 1. The largest absolute Gasteiger partial charge is 0.355 e. The molecule has 1 unspecified atom stereocenters. The summed E-state index contributed by atoms with van der Waals surface area (Å²) >= 11 is 1.58. The number of benzene rings is 2. The van der Waals surface area contributed by atoms with Crippen molar-refractivity contribution in [1.82, 2.24) is 24.8 Å². The number of aromatic amines is 1. The standard InChI is InChI=1S/C23H25N5OS/c1-17(23-26-19-9-5-6-10-20(19)27-23)30-16-22(29)25-12-11-21-24-13-14-28(21)15-18-7-3-2-4-8-18/h2-10,13-14,17H,11-12,15-16H2,1H3,(H,25,29)(H,26,27). The number of nitrogens with one attached hydrogen (secondary N) is 2. The number of para-hydroxylation sites is 2. The van der Waals surface area contributed by atoms with E-state index in [-0.39, 0.29) is 11.2 Å². The van der Waals surface area contributed by atoms with Gasteiger partial charge in [0.2, 0.25) is 5.91 Å². The van der Waals surface area contributed by atoms with Gasteiger partial charge in [0.25, 0.3) is 0 Å². The molecule has 6 nitrogen and oxygen atoms in total. The summed E-state index contributed by atoms with van der Waals surface area (Å²) in [6.45, 7) is 3.43. The summed E-state index contributed by atoms with van der Waals surface area (Å²) in [5.41, 5.74) is 3.21. The van der Waals surface area contributed by atoms with E-state index in [1.54, 1.807) is 11.8 Å². The average molecular weight is 420 g/mol. The van der Waals surface area contributed by atoms with Gasteiger partial charge < -0.3 is 14.9 Å². The topological polar surface area (TPSA) is 75.6 Å². The van der Waals surface area contributed by atoms with Gasteiger partial charge >= 0.3 is 0 Å². The van der Waals surface area contributed by atoms with Crippen molar-refractivity contribution >= 4 is 28.7 Å². The molecule has 0 saturated carbocycles. The molecule has 154 valence electrons. The first kappa shape index (κ1) is 20.2. The van der Waals surface area contributed by atoms with E-state index in [0.29, 0.717) is 18.7 Å². The summed E-state index contributed by atoms with van der Waals surface area (Å²) in [4.78, 5) is 24.6. The molecule has 7 heteroatoms. The summed E-state index contributed by atoms with van der Waals surface area (Å²) in [6.07, 6.45) is 4.50. The Morgan fingerprint density at radius 1 is 1.17 bits per heavy atom. The van der Waals surface area contributed by atoms with Gasteiger partial charge in [0, 0.05) is 31.9 Å². The first-order chi connectivity index (χ1) is 14.7. The molecule has 0 saturated heterocycles. The third kappa shape index (κ3) is 5.10. The Labute approximate surface area is 180 Å². The van der Waals surface area contributed by atoms with Gasteiger partial charge in [0.1, 0.15) is 11.6 Å². The van der Waals surface area contributed by atoms with Gasteiger partial charge in [-0.1, -0.05) is 42.5 Å². The Morgan fingerprint density at radius 3 is 2.80 bits per heavy atom. The highest BCUT2D eigenvalue weighted by Gasteiger charge is 2.13. The number of imidazole rings is 2. The first-order valence-corrected chi connectivity index (χ1v) is 11.1. The number of fused-ring (bicyclic) bond motifs is 1. The number of rotatable bonds is 9. The van der Waals surface area contributed by atoms with Crippen LogP contribution in [-0.2, 0) is 17.8 Å². The van der Waals surface area contributed by atoms with Gasteiger partial charge in [0.15, 0.2) is 0 Å². The van der Waals surface area contributed by atoms with Crippen LogP contribution in [0.25, 0.3) is 11.0 Å². The second kappa shape index (κ2) is 9.63. The minimum atomic E-state index is 0.0316. The molecule has 2 aromatic carbocycles. The van der Waals surface area contributed by atoms with Crippen molar-refractivity contribution in [2.75, 3.05) is 12.3 Å². The van der Waals surface area contributed by atoms with Crippen molar-refractivity contribution in [3.8, 4) is 0 Å². The second-order valence-electron chi connectivity index (χ2n) is 7.15. The van der Waals surface area contributed by atoms with E-state index in [1.165, 1.54) is 5.56 Å². The maximum atomic E-state index is 12.3. The molecular weight excluding hydrogens is 394 g/mol. The summed E-state index contributed by atoms with van der Waals surface area (Å²) in [7, 11) is 0. The molecule has 0 bridgehead atoms. The van der Waals surface area contributed by atoms with E-state index in [0.717, 1.165) is 29.2 Å². The third-order valence-corrected chi connectivity index (χ3v) is 6.08. The number of aromatic nitrogens is 4. The lowest BCUT2D eigenvalue weighted by Crippen LogP contribution is -2.28. The molecular formula is C23H25N5OS. The molecule has 1 amide bonds. The summed E-state index contributed by atoms with van der Waals surface area (Å²) in [6, 6.07) is 18.3. The summed E-state index contributed by atoms with van der Waals surface area (Å²) < 4.78 is 2.12. The molecule has 4 rings (SSSR count). The number of carbonyl (C=O) groups is 1. The minimum Gasteiger partial charge on any atom is -0.355 e. The van der Waals surface area contributed by atoms with Crippen LogP contribution in [0, 0.1) is 0 Å². The predicted octanol–water partition coefficient (Wildman–Crippen LogP) is 3.96. The Morgan fingerprint density at radius 2 is 1.97 bits per heavy atom. The van der Waals surface area contributed by atoms with Crippen LogP contribution in [-0.4, -0.2) is 37.7 Å². The van der Waals surface area contributed by atoms with E-state index in [1.807, 2.05) is 54.9 Å². The molecule has 0 aliphatic rings. The van der Waals surface area contributed by atoms with Crippen molar-refractivity contribution in [3.05, 3.63) is 84.2 Å². The molecule has 2 heterocycles. The first-order valence-electron chi connectivity index (χ1n) is 10.1. The molecule has 1 atom stereocenters. The molecule has 0 fully saturated rings. The fraction of sp³-hybridized carbons (Fsp3) is 0.261. The van der Waals surface area contributed by atoms with Gasteiger partial charge in [-0.15, -0.1) is 11.8 Å². The van der Waals surface area contributed by atoms with E-state index in [4.69, 9.17) is 0 Å². The van der Waals surface area contributed by atoms with Crippen LogP contribution < -0.4 is 5.32 Å². The zero-order valence-corrected chi connectivity index (χ0v) is 17.7. The SMILES string of the molecule is CC(SCC(=O)NCCc1nccn1Cc1ccccc1)c1nc2ccccc2[nH]1. The van der Waals surface area contributed by atoms with Crippen LogP contribution in [0.4, 0.5) is 0 Å². The lowest BCUT2D eigenvalue weighted by atomic mass is 10.2. The molecule has 0 radical (unpaired) electrons. The zero-order valence-electron chi connectivity index (χ0n) is 16.9. The molecule has 30 heavy (non-hydrogen) atoms. The molecule has 2 N–H and O–H groups in total. The quantitative estimate of drug-likeness (QED) is 0.431. The number of hydrogen-bond donors (Lipinski definition) is 2. The fourth-order valence-electron chi connectivity index (χ4n) is 3.30. The maximum Gasteiger partial charge on any atom is 0.230 e. The Kier molecular flexibility index (Phi) is 6.49. The fourth-order valence-corrected chi connectivity index (χ4v) is 4.07. The highest BCUT2D eigenvalue weighted by atomic mass is 32.2. The van der Waals surface area contributed by atoms with Crippen molar-refractivity contribution in [2.24, 2.45) is 0 Å². The number of thioether (sulfide) groups is 1. The predicted molar refractivity (Wildman–Crippen MR) is 121 cm³/mol. The highest BCUT2D eigenvalue weighted by Crippen LogP contribution is 2.27. The van der Waals surface area contributed by atoms with Crippen LogP contribution in [0.5, 0.6) is 0 Å². The number of nitrogens with zero attached hydrogens (tertiary/aromatic N) is 3. The van der Waals surface area contributed by atoms with E-state index >= 15 is 0 Å². The monoisotopic (exact) mass is 419 g/mol. The molecule has 0 aliphatic heterocycles. The van der Waals surface area contributed by atoms with Crippen molar-refractivity contribution in [2.45, 2.75) is 25.1 Å².